The van der Waals surface area contributed by atoms with Crippen molar-refractivity contribution in [3.05, 3.63) is 131 Å². The Bertz CT molecular complexity index is 1580. The van der Waals surface area contributed by atoms with Gasteiger partial charge in [0.1, 0.15) is 0 Å². The first-order valence-corrected chi connectivity index (χ1v) is 14.0. The van der Waals surface area contributed by atoms with Gasteiger partial charge >= 0.3 is 207 Å². The Hall–Kier alpha value is -3.99. The van der Waals surface area contributed by atoms with Crippen LogP contribution in [0.3, 0.4) is 0 Å². The summed E-state index contributed by atoms with van der Waals surface area (Å²) in [5.74, 6) is 0.290. The predicted octanol–water partition coefficient (Wildman–Crippen LogP) is 4.55. The van der Waals surface area contributed by atoms with Crippen LogP contribution in [0.15, 0.2) is 114 Å². The van der Waals surface area contributed by atoms with Crippen LogP contribution in [0.25, 0.3) is 22.7 Å². The summed E-state index contributed by atoms with van der Waals surface area (Å²) < 4.78 is 17.6. The number of nitrogens with zero attached hydrogens (tertiary/aromatic N) is 2. The molecule has 4 aromatic carbocycles. The third-order valence-electron chi connectivity index (χ3n) is 5.56. The van der Waals surface area contributed by atoms with Gasteiger partial charge in [0.15, 0.2) is 0 Å². The van der Waals surface area contributed by atoms with Gasteiger partial charge in [-0.2, -0.15) is 0 Å². The number of hydrogen-bond acceptors (Lipinski definition) is 3. The number of para-hydroxylation sites is 2. The van der Waals surface area contributed by atoms with Crippen LogP contribution in [-0.4, -0.2) is 28.6 Å². The number of halogens is 1. The first-order chi connectivity index (χ1) is 17.1. The second kappa shape index (κ2) is 10.1. The van der Waals surface area contributed by atoms with E-state index in [-0.39, 0.29) is 11.3 Å². The Kier molecular flexibility index (Phi) is 6.57. The van der Waals surface area contributed by atoms with Crippen LogP contribution in [0.4, 0.5) is 4.39 Å². The van der Waals surface area contributed by atoms with Gasteiger partial charge in [-0.3, -0.25) is 0 Å². The molecular weight excluding hydrogens is 506 g/mol. The molecule has 0 saturated heterocycles. The van der Waals surface area contributed by atoms with Gasteiger partial charge in [-0.25, -0.2) is 0 Å². The molecular formula is C29H22FN2O2Se. The van der Waals surface area contributed by atoms with Gasteiger partial charge in [0.25, 0.3) is 0 Å². The minimum absolute atomic E-state index is 0.253. The van der Waals surface area contributed by atoms with E-state index in [1.54, 1.807) is 36.4 Å². The molecule has 0 unspecified atom stereocenters. The fourth-order valence-corrected chi connectivity index (χ4v) is 8.06. The van der Waals surface area contributed by atoms with Gasteiger partial charge < -0.3 is 0 Å². The third-order valence-corrected chi connectivity index (χ3v) is 10.3. The van der Waals surface area contributed by atoms with Gasteiger partial charge in [0, 0.05) is 0 Å². The molecule has 35 heavy (non-hydrogen) atoms. The van der Waals surface area contributed by atoms with E-state index in [0.29, 0.717) is 27.7 Å². The van der Waals surface area contributed by atoms with E-state index in [1.165, 1.54) is 21.2 Å². The molecule has 0 saturated carbocycles. The number of phenolic OH excluding ortho intramolecular Hbond substituents is 1. The van der Waals surface area contributed by atoms with E-state index in [2.05, 4.69) is 12.1 Å². The van der Waals surface area contributed by atoms with E-state index >= 15 is 0 Å². The summed E-state index contributed by atoms with van der Waals surface area (Å²) in [6.07, 6.45) is 3.81. The van der Waals surface area contributed by atoms with Crippen molar-refractivity contribution in [2.24, 2.45) is 0 Å². The van der Waals surface area contributed by atoms with Crippen LogP contribution in [0.1, 0.15) is 5.82 Å². The molecule has 0 bridgehead atoms. The van der Waals surface area contributed by atoms with Crippen molar-refractivity contribution in [2.45, 2.75) is 5.32 Å². The van der Waals surface area contributed by atoms with Crippen molar-refractivity contribution >= 4 is 39.8 Å². The first-order valence-electron chi connectivity index (χ1n) is 11.1. The van der Waals surface area contributed by atoms with Crippen LogP contribution in [0, 0.1) is 5.82 Å². The number of aromatic nitrogens is 2. The summed E-state index contributed by atoms with van der Waals surface area (Å²) in [6.45, 7) is 0. The maximum atomic E-state index is 14.0. The van der Waals surface area contributed by atoms with Crippen LogP contribution in [-0.2, 0) is 0 Å². The molecule has 0 fully saturated rings. The summed E-state index contributed by atoms with van der Waals surface area (Å²) in [7, 11) is 0. The van der Waals surface area contributed by atoms with Crippen LogP contribution in [0.2, 0.25) is 5.32 Å². The zero-order valence-electron chi connectivity index (χ0n) is 18.7. The summed E-state index contributed by atoms with van der Waals surface area (Å²) in [6, 6.07) is 30.7. The third kappa shape index (κ3) is 4.80. The van der Waals surface area contributed by atoms with Gasteiger partial charge in [0.2, 0.25) is 0 Å². The summed E-state index contributed by atoms with van der Waals surface area (Å²) in [5.41, 5.74) is 0.752. The zero-order chi connectivity index (χ0) is 24.2. The Balaban J connectivity index is 1.59. The summed E-state index contributed by atoms with van der Waals surface area (Å²) in [4.78, 5) is 18.1. The molecule has 5 rings (SSSR count). The number of aromatic hydroxyl groups is 1. The number of phenols is 1. The van der Waals surface area contributed by atoms with E-state index in [1.807, 2.05) is 54.6 Å². The van der Waals surface area contributed by atoms with E-state index in [9.17, 15) is 14.3 Å². The topological polar surface area (TPSA) is 55.1 Å². The van der Waals surface area contributed by atoms with Crippen molar-refractivity contribution in [3.8, 4) is 11.4 Å². The average molecular weight is 528 g/mol. The van der Waals surface area contributed by atoms with E-state index in [0.717, 1.165) is 4.46 Å². The quantitative estimate of drug-likeness (QED) is 0.329. The molecule has 0 amide bonds. The Morgan fingerprint density at radius 3 is 2.43 bits per heavy atom. The molecule has 1 aromatic heterocycles. The number of fused-ring (bicyclic) bond motifs is 1. The van der Waals surface area contributed by atoms with Gasteiger partial charge in [-0.05, 0) is 0 Å². The fraction of sp³-hybridized carbons (Fsp3) is 0.0345. The fourth-order valence-electron chi connectivity index (χ4n) is 3.94. The Morgan fingerprint density at radius 2 is 1.63 bits per heavy atom. The van der Waals surface area contributed by atoms with Crippen molar-refractivity contribution in [3.63, 3.8) is 0 Å². The van der Waals surface area contributed by atoms with Crippen molar-refractivity contribution in [1.82, 2.24) is 9.55 Å². The van der Waals surface area contributed by atoms with Gasteiger partial charge in [0.05, 0.1) is 0 Å². The molecule has 1 N–H and O–H groups in total. The van der Waals surface area contributed by atoms with Crippen molar-refractivity contribution < 1.29 is 9.50 Å². The molecule has 1 radical (unpaired) electrons. The second-order valence-electron chi connectivity index (χ2n) is 7.85. The summed E-state index contributed by atoms with van der Waals surface area (Å²) >= 11 is -1.63. The predicted molar refractivity (Wildman–Crippen MR) is 141 cm³/mol. The molecule has 173 valence electrons. The Morgan fingerprint density at radius 1 is 0.886 bits per heavy atom. The standard InChI is InChI=1S/C29H22FN2O2Se/c30-21-10-8-11-22(20-21)32-28(31-25-15-5-4-14-24(25)29(32)34)18-9-19-35(23-12-2-1-3-13-23)27-17-7-6-16-26(27)33/h1-18,20,33H,19H2/b18-9+. The minimum atomic E-state index is -1.63. The second-order valence-corrected chi connectivity index (χ2v) is 12.1. The first kappa shape index (κ1) is 22.8. The molecule has 0 aliphatic rings. The van der Waals surface area contributed by atoms with E-state index < -0.39 is 19.7 Å². The number of benzene rings is 4. The SMILES string of the molecule is O=c1c2ccccc2nc(/C=C/C[Se](c2ccccc2)c2ccccc2O)n1-c1cccc(F)c1. The maximum absolute atomic E-state index is 14.0. The van der Waals surface area contributed by atoms with Crippen LogP contribution in [0.5, 0.6) is 5.75 Å². The Labute approximate surface area is 206 Å². The molecule has 4 nitrogen and oxygen atoms in total. The molecule has 0 aliphatic carbocycles. The zero-order valence-corrected chi connectivity index (χ0v) is 20.4. The molecule has 0 atom stereocenters. The number of allylic oxidation sites excluding steroid dienone is 1. The van der Waals surface area contributed by atoms with Crippen molar-refractivity contribution in [1.29, 1.82) is 0 Å². The van der Waals surface area contributed by atoms with Gasteiger partial charge in [-0.1, -0.05) is 0 Å². The summed E-state index contributed by atoms with van der Waals surface area (Å²) in [5, 5.41) is 11.7. The van der Waals surface area contributed by atoms with Gasteiger partial charge in [-0.15, -0.1) is 0 Å². The number of hydrogen-bond donors (Lipinski definition) is 1. The average Bonchev–Trinajstić information content (AvgIpc) is 2.88. The van der Waals surface area contributed by atoms with Crippen LogP contribution >= 0.6 is 0 Å². The molecule has 0 aliphatic heterocycles. The molecule has 0 spiro atoms. The molecule has 1 heterocycles. The normalized spacial score (nSPS) is 11.5. The molecule has 6 heteroatoms. The van der Waals surface area contributed by atoms with E-state index in [4.69, 9.17) is 4.98 Å². The number of rotatable bonds is 6. The monoisotopic (exact) mass is 529 g/mol. The van der Waals surface area contributed by atoms with Crippen LogP contribution < -0.4 is 14.5 Å². The molecule has 5 aromatic rings. The van der Waals surface area contributed by atoms with Crippen molar-refractivity contribution in [2.75, 3.05) is 0 Å².